The number of rotatable bonds is 6. The van der Waals surface area contributed by atoms with Crippen molar-refractivity contribution in [2.75, 3.05) is 13.2 Å². The van der Waals surface area contributed by atoms with Crippen molar-refractivity contribution in [2.24, 2.45) is 0 Å². The van der Waals surface area contributed by atoms with Gasteiger partial charge in [0.1, 0.15) is 5.75 Å². The lowest BCUT2D eigenvalue weighted by Crippen LogP contribution is -2.38. The molecule has 0 saturated carbocycles. The van der Waals surface area contributed by atoms with Crippen molar-refractivity contribution in [3.8, 4) is 5.75 Å². The van der Waals surface area contributed by atoms with E-state index in [0.29, 0.717) is 0 Å². The predicted octanol–water partition coefficient (Wildman–Crippen LogP) is 0.471. The van der Waals surface area contributed by atoms with Crippen LogP contribution >= 0.6 is 0 Å². The highest BCUT2D eigenvalue weighted by atomic mass is 16.6. The van der Waals surface area contributed by atoms with Gasteiger partial charge in [0, 0.05) is 12.1 Å². The number of nitrogens with one attached hydrogen (secondary N) is 1. The van der Waals surface area contributed by atoms with Gasteiger partial charge >= 0.3 is 0 Å². The van der Waals surface area contributed by atoms with E-state index in [0.717, 1.165) is 0 Å². The van der Waals surface area contributed by atoms with Gasteiger partial charge in [-0.25, -0.2) is 0 Å². The fraction of sp³-hybridized carbons (Fsp3) is 0.364. The topological polar surface area (TPSA) is 102 Å². The van der Waals surface area contributed by atoms with Crippen molar-refractivity contribution in [3.63, 3.8) is 0 Å². The van der Waals surface area contributed by atoms with Crippen LogP contribution in [0.15, 0.2) is 24.3 Å². The second-order valence-electron chi connectivity index (χ2n) is 3.69. The van der Waals surface area contributed by atoms with E-state index >= 15 is 0 Å². The van der Waals surface area contributed by atoms with Gasteiger partial charge in [0.25, 0.3) is 11.6 Å². The molecule has 0 saturated heterocycles. The van der Waals surface area contributed by atoms with Crippen molar-refractivity contribution < 1.29 is 19.6 Å². The Morgan fingerprint density at radius 1 is 1.61 bits per heavy atom. The Kier molecular flexibility index (Phi) is 5.06. The highest BCUT2D eigenvalue weighted by molar-refractivity contribution is 5.77. The average molecular weight is 254 g/mol. The molecule has 0 radical (unpaired) electrons. The van der Waals surface area contributed by atoms with E-state index in [4.69, 9.17) is 9.84 Å². The van der Waals surface area contributed by atoms with E-state index in [-0.39, 0.29) is 30.7 Å². The summed E-state index contributed by atoms with van der Waals surface area (Å²) in [6.45, 7) is 1.22. The van der Waals surface area contributed by atoms with Crippen LogP contribution in [0.25, 0.3) is 0 Å². The zero-order valence-corrected chi connectivity index (χ0v) is 9.83. The zero-order valence-electron chi connectivity index (χ0n) is 9.83. The molecule has 1 amide bonds. The van der Waals surface area contributed by atoms with E-state index in [9.17, 15) is 14.9 Å². The average Bonchev–Trinajstić information content (AvgIpc) is 2.36. The van der Waals surface area contributed by atoms with Gasteiger partial charge in [0.15, 0.2) is 6.61 Å². The van der Waals surface area contributed by atoms with Gasteiger partial charge in [-0.05, 0) is 13.0 Å². The minimum Gasteiger partial charge on any atom is -0.484 e. The van der Waals surface area contributed by atoms with Crippen LogP contribution in [0.2, 0.25) is 0 Å². The first-order valence-electron chi connectivity index (χ1n) is 5.30. The fourth-order valence-electron chi connectivity index (χ4n) is 1.20. The summed E-state index contributed by atoms with van der Waals surface area (Å²) in [6, 6.07) is 5.22. The van der Waals surface area contributed by atoms with Crippen molar-refractivity contribution in [3.05, 3.63) is 34.4 Å². The van der Waals surface area contributed by atoms with Crippen molar-refractivity contribution in [2.45, 2.75) is 13.0 Å². The lowest BCUT2D eigenvalue weighted by atomic mass is 10.3. The van der Waals surface area contributed by atoms with Gasteiger partial charge in [-0.1, -0.05) is 6.07 Å². The van der Waals surface area contributed by atoms with Crippen LogP contribution < -0.4 is 10.1 Å². The van der Waals surface area contributed by atoms with Crippen molar-refractivity contribution in [1.82, 2.24) is 5.32 Å². The zero-order chi connectivity index (χ0) is 13.5. The fourth-order valence-corrected chi connectivity index (χ4v) is 1.20. The molecule has 0 aliphatic carbocycles. The molecule has 1 aromatic carbocycles. The summed E-state index contributed by atoms with van der Waals surface area (Å²) in [6.07, 6.45) is 0. The van der Waals surface area contributed by atoms with Gasteiger partial charge in [0.05, 0.1) is 17.6 Å². The molecule has 1 aromatic rings. The van der Waals surface area contributed by atoms with Gasteiger partial charge in [0.2, 0.25) is 0 Å². The third kappa shape index (κ3) is 4.38. The third-order valence-corrected chi connectivity index (χ3v) is 2.08. The number of carbonyl (C=O) groups excluding carboxylic acids is 1. The molecule has 0 spiro atoms. The summed E-state index contributed by atoms with van der Waals surface area (Å²) in [4.78, 5) is 21.3. The van der Waals surface area contributed by atoms with Gasteiger partial charge in [-0.2, -0.15) is 0 Å². The first-order chi connectivity index (χ1) is 8.52. The number of benzene rings is 1. The predicted molar refractivity (Wildman–Crippen MR) is 63.3 cm³/mol. The van der Waals surface area contributed by atoms with E-state index in [2.05, 4.69) is 5.32 Å². The van der Waals surface area contributed by atoms with E-state index in [1.54, 1.807) is 6.92 Å². The lowest BCUT2D eigenvalue weighted by Gasteiger charge is -2.11. The number of ether oxygens (including phenoxy) is 1. The number of nitro groups is 1. The molecule has 98 valence electrons. The summed E-state index contributed by atoms with van der Waals surface area (Å²) < 4.78 is 5.11. The number of nitro benzene ring substituents is 1. The largest absolute Gasteiger partial charge is 0.484 e. The van der Waals surface area contributed by atoms with Crippen LogP contribution in [0.3, 0.4) is 0 Å². The third-order valence-electron chi connectivity index (χ3n) is 2.08. The van der Waals surface area contributed by atoms with Crippen LogP contribution in [0.1, 0.15) is 6.92 Å². The Morgan fingerprint density at radius 2 is 2.33 bits per heavy atom. The Balaban J connectivity index is 2.50. The molecule has 1 atom stereocenters. The molecule has 2 N–H and O–H groups in total. The Labute approximate surface area is 104 Å². The molecule has 7 heteroatoms. The molecule has 0 unspecified atom stereocenters. The van der Waals surface area contributed by atoms with Gasteiger partial charge in [-0.15, -0.1) is 0 Å². The lowest BCUT2D eigenvalue weighted by molar-refractivity contribution is -0.384. The molecule has 0 aromatic heterocycles. The molecule has 0 fully saturated rings. The van der Waals surface area contributed by atoms with Crippen LogP contribution in [0, 0.1) is 10.1 Å². The first kappa shape index (κ1) is 13.9. The Hall–Kier alpha value is -2.15. The summed E-state index contributed by atoms with van der Waals surface area (Å²) in [5.41, 5.74) is -0.100. The minimum atomic E-state index is -0.541. The monoisotopic (exact) mass is 254 g/mol. The van der Waals surface area contributed by atoms with Crippen LogP contribution in [-0.4, -0.2) is 35.2 Å². The number of carbonyl (C=O) groups is 1. The molecule has 0 aliphatic heterocycles. The minimum absolute atomic E-state index is 0.100. The number of aliphatic hydroxyl groups is 1. The highest BCUT2D eigenvalue weighted by Gasteiger charge is 2.09. The maximum atomic E-state index is 11.3. The van der Waals surface area contributed by atoms with Crippen LogP contribution in [0.5, 0.6) is 5.75 Å². The van der Waals surface area contributed by atoms with Gasteiger partial charge in [-0.3, -0.25) is 14.9 Å². The second kappa shape index (κ2) is 6.55. The molecule has 1 rings (SSSR count). The molecule has 0 heterocycles. The van der Waals surface area contributed by atoms with Crippen LogP contribution in [-0.2, 0) is 4.79 Å². The van der Waals surface area contributed by atoms with Crippen LogP contribution in [0.4, 0.5) is 5.69 Å². The van der Waals surface area contributed by atoms with Gasteiger partial charge < -0.3 is 15.2 Å². The number of hydrogen-bond donors (Lipinski definition) is 2. The summed E-state index contributed by atoms with van der Waals surface area (Å²) >= 11 is 0. The summed E-state index contributed by atoms with van der Waals surface area (Å²) in [5.74, 6) is -0.154. The van der Waals surface area contributed by atoms with Crippen molar-refractivity contribution in [1.29, 1.82) is 0 Å². The first-order valence-corrected chi connectivity index (χ1v) is 5.30. The molecular formula is C11H14N2O5. The quantitative estimate of drug-likeness (QED) is 0.567. The molecule has 7 nitrogen and oxygen atoms in total. The maximum absolute atomic E-state index is 11.3. The number of aliphatic hydroxyl groups excluding tert-OH is 1. The Morgan fingerprint density at radius 3 is 2.94 bits per heavy atom. The number of amides is 1. The van der Waals surface area contributed by atoms with Crippen molar-refractivity contribution >= 4 is 11.6 Å². The maximum Gasteiger partial charge on any atom is 0.273 e. The molecule has 0 bridgehead atoms. The normalized spacial score (nSPS) is 11.7. The molecule has 0 aliphatic rings. The number of hydrogen-bond acceptors (Lipinski definition) is 5. The Bertz CT molecular complexity index is 435. The summed E-state index contributed by atoms with van der Waals surface area (Å²) in [7, 11) is 0. The molecule has 18 heavy (non-hydrogen) atoms. The SMILES string of the molecule is C[C@@H](CO)NC(=O)COc1cccc([N+](=O)[O-])c1. The number of non-ortho nitro benzene ring substituents is 1. The van der Waals surface area contributed by atoms with E-state index in [1.807, 2.05) is 0 Å². The smallest absolute Gasteiger partial charge is 0.273 e. The highest BCUT2D eigenvalue weighted by Crippen LogP contribution is 2.18. The molecular weight excluding hydrogens is 240 g/mol. The van der Waals surface area contributed by atoms with E-state index < -0.39 is 10.8 Å². The second-order valence-corrected chi connectivity index (χ2v) is 3.69. The standard InChI is InChI=1S/C11H14N2O5/c1-8(6-14)12-11(15)7-18-10-4-2-3-9(5-10)13(16)17/h2-5,8,14H,6-7H2,1H3,(H,12,15)/t8-/m0/s1. The summed E-state index contributed by atoms with van der Waals surface area (Å²) in [5, 5.41) is 21.7. The van der Waals surface area contributed by atoms with E-state index in [1.165, 1.54) is 24.3 Å². The number of nitrogens with zero attached hydrogens (tertiary/aromatic N) is 1.